The summed E-state index contributed by atoms with van der Waals surface area (Å²) in [5.74, 6) is -0.473. The van der Waals surface area contributed by atoms with Crippen LogP contribution in [-0.4, -0.2) is 26.5 Å². The summed E-state index contributed by atoms with van der Waals surface area (Å²) < 4.78 is 1.61. The third kappa shape index (κ3) is 5.04. The Bertz CT molecular complexity index is 1430. The van der Waals surface area contributed by atoms with Crippen molar-refractivity contribution in [1.82, 2.24) is 14.9 Å². The van der Waals surface area contributed by atoms with Gasteiger partial charge in [0.05, 0.1) is 16.5 Å². The first kappa shape index (κ1) is 22.9. The summed E-state index contributed by atoms with van der Waals surface area (Å²) in [6, 6.07) is 21.6. The Morgan fingerprint density at radius 1 is 1.00 bits per heavy atom. The van der Waals surface area contributed by atoms with E-state index in [4.69, 9.17) is 0 Å². The number of nitrogens with zero attached hydrogens (tertiary/aromatic N) is 2. The minimum absolute atomic E-state index is 0.0963. The van der Waals surface area contributed by atoms with Crippen molar-refractivity contribution in [2.45, 2.75) is 32.9 Å². The zero-order valence-corrected chi connectivity index (χ0v) is 18.8. The lowest BCUT2D eigenvalue weighted by molar-refractivity contribution is -0.121. The molecule has 172 valence electrons. The van der Waals surface area contributed by atoms with Gasteiger partial charge in [-0.1, -0.05) is 48.5 Å². The first-order valence-electron chi connectivity index (χ1n) is 11.1. The fourth-order valence-electron chi connectivity index (χ4n) is 4.00. The first-order chi connectivity index (χ1) is 16.4. The van der Waals surface area contributed by atoms with Crippen molar-refractivity contribution in [3.05, 3.63) is 100 Å². The molecule has 0 unspecified atom stereocenters. The number of carboxylic acids is 1. The van der Waals surface area contributed by atoms with E-state index >= 15 is 0 Å². The summed E-state index contributed by atoms with van der Waals surface area (Å²) in [7, 11) is 0. The molecular formula is C27H25N3O4. The molecule has 34 heavy (non-hydrogen) atoms. The second-order valence-electron chi connectivity index (χ2n) is 8.06. The Morgan fingerprint density at radius 2 is 1.76 bits per heavy atom. The van der Waals surface area contributed by atoms with E-state index in [1.807, 2.05) is 48.5 Å². The summed E-state index contributed by atoms with van der Waals surface area (Å²) in [5, 5.41) is 12.8. The summed E-state index contributed by atoms with van der Waals surface area (Å²) in [4.78, 5) is 41.1. The predicted octanol–water partition coefficient (Wildman–Crippen LogP) is 4.17. The van der Waals surface area contributed by atoms with E-state index in [1.165, 1.54) is 0 Å². The number of rotatable bonds is 8. The average molecular weight is 456 g/mol. The van der Waals surface area contributed by atoms with E-state index in [-0.39, 0.29) is 23.5 Å². The molecule has 0 bridgehead atoms. The van der Waals surface area contributed by atoms with Crippen LogP contribution >= 0.6 is 0 Å². The SMILES string of the molecule is Cc1nc2ccccc2c(=O)n1CCCC(=O)NCc1ccccc1-c1cccc(C(=O)O)c1. The highest BCUT2D eigenvalue weighted by Gasteiger charge is 2.11. The Morgan fingerprint density at radius 3 is 2.59 bits per heavy atom. The van der Waals surface area contributed by atoms with Crippen LogP contribution in [0.5, 0.6) is 0 Å². The monoisotopic (exact) mass is 455 g/mol. The predicted molar refractivity (Wildman–Crippen MR) is 131 cm³/mol. The van der Waals surface area contributed by atoms with Crippen molar-refractivity contribution in [3.63, 3.8) is 0 Å². The Hall–Kier alpha value is -4.26. The number of fused-ring (bicyclic) bond motifs is 1. The van der Waals surface area contributed by atoms with Gasteiger partial charge in [0.25, 0.3) is 5.56 Å². The number of aromatic carboxylic acids is 1. The number of hydrogen-bond acceptors (Lipinski definition) is 4. The van der Waals surface area contributed by atoms with Crippen molar-refractivity contribution in [3.8, 4) is 11.1 Å². The molecule has 4 aromatic rings. The molecule has 4 rings (SSSR count). The Kier molecular flexibility index (Phi) is 6.82. The molecule has 0 aliphatic rings. The normalized spacial score (nSPS) is 10.9. The number of aromatic nitrogens is 2. The van der Waals surface area contributed by atoms with Crippen LogP contribution in [0.2, 0.25) is 0 Å². The van der Waals surface area contributed by atoms with Gasteiger partial charge >= 0.3 is 5.97 Å². The molecule has 1 heterocycles. The maximum absolute atomic E-state index is 12.8. The third-order valence-electron chi connectivity index (χ3n) is 5.75. The molecule has 0 saturated heterocycles. The second-order valence-corrected chi connectivity index (χ2v) is 8.06. The molecular weight excluding hydrogens is 430 g/mol. The van der Waals surface area contributed by atoms with Gasteiger partial charge in [-0.25, -0.2) is 9.78 Å². The van der Waals surface area contributed by atoms with E-state index in [0.29, 0.717) is 36.2 Å². The van der Waals surface area contributed by atoms with Gasteiger partial charge in [0.2, 0.25) is 5.91 Å². The molecule has 0 atom stereocenters. The van der Waals surface area contributed by atoms with Crippen molar-refractivity contribution in [2.24, 2.45) is 0 Å². The van der Waals surface area contributed by atoms with Gasteiger partial charge in [-0.05, 0) is 54.3 Å². The Labute approximate surface area is 196 Å². The molecule has 0 radical (unpaired) electrons. The minimum Gasteiger partial charge on any atom is -0.478 e. The van der Waals surface area contributed by atoms with Gasteiger partial charge in [-0.15, -0.1) is 0 Å². The molecule has 1 aromatic heterocycles. The summed E-state index contributed by atoms with van der Waals surface area (Å²) >= 11 is 0. The molecule has 0 aliphatic carbocycles. The summed E-state index contributed by atoms with van der Waals surface area (Å²) in [6.45, 7) is 2.53. The van der Waals surface area contributed by atoms with E-state index < -0.39 is 5.97 Å². The van der Waals surface area contributed by atoms with Crippen molar-refractivity contribution in [1.29, 1.82) is 0 Å². The quantitative estimate of drug-likeness (QED) is 0.415. The number of aryl methyl sites for hydroxylation is 1. The first-order valence-corrected chi connectivity index (χ1v) is 11.1. The zero-order chi connectivity index (χ0) is 24.1. The molecule has 0 spiro atoms. The van der Waals surface area contributed by atoms with Crippen LogP contribution in [0.25, 0.3) is 22.0 Å². The van der Waals surface area contributed by atoms with Gasteiger partial charge in [0.15, 0.2) is 0 Å². The van der Waals surface area contributed by atoms with Crippen LogP contribution in [0.4, 0.5) is 0 Å². The second kappa shape index (κ2) is 10.1. The van der Waals surface area contributed by atoms with Gasteiger partial charge in [-0.3, -0.25) is 14.2 Å². The van der Waals surface area contributed by atoms with Crippen LogP contribution in [0.15, 0.2) is 77.6 Å². The molecule has 7 heteroatoms. The van der Waals surface area contributed by atoms with Crippen LogP contribution in [0.3, 0.4) is 0 Å². The number of benzene rings is 3. The molecule has 0 fully saturated rings. The lowest BCUT2D eigenvalue weighted by atomic mass is 9.98. The topological polar surface area (TPSA) is 101 Å². The fourth-order valence-corrected chi connectivity index (χ4v) is 4.00. The molecule has 3 aromatic carbocycles. The van der Waals surface area contributed by atoms with E-state index in [1.54, 1.807) is 35.8 Å². The van der Waals surface area contributed by atoms with Gasteiger partial charge < -0.3 is 10.4 Å². The summed E-state index contributed by atoms with van der Waals surface area (Å²) in [5.41, 5.74) is 3.33. The maximum atomic E-state index is 12.8. The number of para-hydroxylation sites is 1. The lowest BCUT2D eigenvalue weighted by Gasteiger charge is -2.13. The third-order valence-corrected chi connectivity index (χ3v) is 5.75. The van der Waals surface area contributed by atoms with Gasteiger partial charge in [0, 0.05) is 19.5 Å². The van der Waals surface area contributed by atoms with E-state index in [2.05, 4.69) is 10.3 Å². The van der Waals surface area contributed by atoms with Gasteiger partial charge in [-0.2, -0.15) is 0 Å². The molecule has 0 saturated carbocycles. The minimum atomic E-state index is -0.983. The number of amides is 1. The highest BCUT2D eigenvalue weighted by atomic mass is 16.4. The number of carbonyl (C=O) groups excluding carboxylic acids is 1. The smallest absolute Gasteiger partial charge is 0.335 e. The fraction of sp³-hybridized carbons (Fsp3) is 0.185. The van der Waals surface area contributed by atoms with Crippen molar-refractivity contribution in [2.75, 3.05) is 0 Å². The summed E-state index contributed by atoms with van der Waals surface area (Å²) in [6.07, 6.45) is 0.782. The zero-order valence-electron chi connectivity index (χ0n) is 18.8. The maximum Gasteiger partial charge on any atom is 0.335 e. The highest BCUT2D eigenvalue weighted by molar-refractivity contribution is 5.89. The van der Waals surface area contributed by atoms with E-state index in [9.17, 15) is 19.5 Å². The van der Waals surface area contributed by atoms with Crippen LogP contribution < -0.4 is 10.9 Å². The van der Waals surface area contributed by atoms with Crippen LogP contribution in [0.1, 0.15) is 34.6 Å². The molecule has 1 amide bonds. The number of carbonyl (C=O) groups is 2. The number of nitrogens with one attached hydrogen (secondary N) is 1. The average Bonchev–Trinajstić information content (AvgIpc) is 2.85. The molecule has 7 nitrogen and oxygen atoms in total. The highest BCUT2D eigenvalue weighted by Crippen LogP contribution is 2.24. The van der Waals surface area contributed by atoms with Gasteiger partial charge in [0.1, 0.15) is 5.82 Å². The largest absolute Gasteiger partial charge is 0.478 e. The molecule has 2 N–H and O–H groups in total. The molecule has 0 aliphatic heterocycles. The number of carboxylic acid groups (broad SMARTS) is 1. The van der Waals surface area contributed by atoms with Crippen molar-refractivity contribution >= 4 is 22.8 Å². The standard InChI is InChI=1S/C27H25N3O4/c1-18-29-24-13-5-4-12-23(24)26(32)30(18)15-7-14-25(31)28-17-21-8-2-3-11-22(21)19-9-6-10-20(16-19)27(33)34/h2-6,8-13,16H,7,14-15,17H2,1H3,(H,28,31)(H,33,34). The lowest BCUT2D eigenvalue weighted by Crippen LogP contribution is -2.26. The number of hydrogen-bond donors (Lipinski definition) is 2. The van der Waals surface area contributed by atoms with Crippen LogP contribution in [-0.2, 0) is 17.9 Å². The van der Waals surface area contributed by atoms with E-state index in [0.717, 1.165) is 16.7 Å². The van der Waals surface area contributed by atoms with Crippen molar-refractivity contribution < 1.29 is 14.7 Å². The Balaban J connectivity index is 1.39. The van der Waals surface area contributed by atoms with Crippen LogP contribution in [0, 0.1) is 6.92 Å².